The Bertz CT molecular complexity index is 290. The van der Waals surface area contributed by atoms with Gasteiger partial charge in [-0.1, -0.05) is 18.2 Å². The molecule has 0 radical (unpaired) electrons. The van der Waals surface area contributed by atoms with Gasteiger partial charge in [-0.15, -0.1) is 0 Å². The van der Waals surface area contributed by atoms with Crippen LogP contribution in [-0.2, 0) is 0 Å². The third-order valence-corrected chi connectivity index (χ3v) is 2.25. The molecule has 1 aromatic rings. The van der Waals surface area contributed by atoms with Crippen molar-refractivity contribution in [1.82, 2.24) is 0 Å². The molecule has 1 heterocycles. The summed E-state index contributed by atoms with van der Waals surface area (Å²) in [4.78, 5) is 1.46. The first-order valence-corrected chi connectivity index (χ1v) is 4.32. The highest BCUT2D eigenvalue weighted by Gasteiger charge is 2.21. The van der Waals surface area contributed by atoms with E-state index in [1.54, 1.807) is 0 Å². The van der Waals surface area contributed by atoms with Crippen LogP contribution in [0.5, 0.6) is 0 Å². The largest absolute Gasteiger partial charge is 0.330 e. The number of hydrogen-bond acceptors (Lipinski definition) is 0. The summed E-state index contributed by atoms with van der Waals surface area (Å²) in [6, 6.07) is 10.6. The van der Waals surface area contributed by atoms with E-state index < -0.39 is 0 Å². The number of benzene rings is 1. The molecule has 0 spiro atoms. The molecule has 0 aliphatic carbocycles. The van der Waals surface area contributed by atoms with Gasteiger partial charge in [-0.25, -0.2) is 4.90 Å². The zero-order valence-electron chi connectivity index (χ0n) is 7.33. The van der Waals surface area contributed by atoms with E-state index in [4.69, 9.17) is 0 Å². The standard InChI is InChI=1S/C10H13N2/c1-11-7-8-12(9-11)10-5-3-2-4-6-10/h2-6,9H,7-8H2,1H3/q+1/p+1. The minimum Gasteiger partial charge on any atom is -0.216 e. The number of nitrogens with one attached hydrogen (secondary N) is 1. The maximum atomic E-state index is 2.24. The van der Waals surface area contributed by atoms with Gasteiger partial charge in [0.1, 0.15) is 12.7 Å². The second-order valence-electron chi connectivity index (χ2n) is 3.25. The first-order chi connectivity index (χ1) is 5.86. The van der Waals surface area contributed by atoms with Gasteiger partial charge in [0.15, 0.2) is 13.1 Å². The normalized spacial score (nSPS) is 22.4. The number of nitrogens with zero attached hydrogens (tertiary/aromatic N) is 1. The molecule has 1 atom stereocenters. The summed E-state index contributed by atoms with van der Waals surface area (Å²) in [6.45, 7) is 2.34. The van der Waals surface area contributed by atoms with E-state index >= 15 is 0 Å². The van der Waals surface area contributed by atoms with Crippen molar-refractivity contribution in [2.24, 2.45) is 0 Å². The Morgan fingerprint density at radius 1 is 1.25 bits per heavy atom. The van der Waals surface area contributed by atoms with Gasteiger partial charge in [-0.3, -0.25) is 0 Å². The summed E-state index contributed by atoms with van der Waals surface area (Å²) in [5.74, 6) is 0. The molecule has 1 aliphatic rings. The summed E-state index contributed by atoms with van der Waals surface area (Å²) in [6.07, 6.45) is 2.23. The first-order valence-electron chi connectivity index (χ1n) is 4.32. The summed E-state index contributed by atoms with van der Waals surface area (Å²) >= 11 is 0. The molecule has 2 heteroatoms. The molecule has 1 N–H and O–H groups in total. The minimum absolute atomic E-state index is 1.16. The molecular formula is C10H14N2+2. The van der Waals surface area contributed by atoms with E-state index in [1.165, 1.54) is 17.1 Å². The molecule has 0 amide bonds. The first kappa shape index (κ1) is 7.50. The fourth-order valence-electron chi connectivity index (χ4n) is 1.56. The fraction of sp³-hybridized carbons (Fsp3) is 0.300. The maximum absolute atomic E-state index is 2.24. The molecule has 1 aromatic carbocycles. The van der Waals surface area contributed by atoms with E-state index in [9.17, 15) is 0 Å². The smallest absolute Gasteiger partial charge is 0.216 e. The molecule has 0 fully saturated rings. The van der Waals surface area contributed by atoms with Gasteiger partial charge in [0.2, 0.25) is 0 Å². The number of quaternary nitrogens is 1. The topological polar surface area (TPSA) is 7.45 Å². The zero-order chi connectivity index (χ0) is 8.39. The minimum atomic E-state index is 1.16. The van der Waals surface area contributed by atoms with E-state index in [1.807, 2.05) is 0 Å². The van der Waals surface area contributed by atoms with Crippen LogP contribution >= 0.6 is 0 Å². The third-order valence-electron chi connectivity index (χ3n) is 2.25. The van der Waals surface area contributed by atoms with Crippen molar-refractivity contribution in [2.75, 3.05) is 20.1 Å². The molecule has 2 rings (SSSR count). The Hall–Kier alpha value is -1.15. The summed E-state index contributed by atoms with van der Waals surface area (Å²) in [5, 5.41) is 0. The third kappa shape index (κ3) is 1.38. The Labute approximate surface area is 72.8 Å². The monoisotopic (exact) mass is 162 g/mol. The average Bonchev–Trinajstić information content (AvgIpc) is 2.54. The van der Waals surface area contributed by atoms with Crippen LogP contribution in [-0.4, -0.2) is 31.1 Å². The zero-order valence-corrected chi connectivity index (χ0v) is 7.33. The Morgan fingerprint density at radius 3 is 2.58 bits per heavy atom. The second kappa shape index (κ2) is 3.07. The highest BCUT2D eigenvalue weighted by molar-refractivity contribution is 5.45. The van der Waals surface area contributed by atoms with Crippen molar-refractivity contribution >= 4 is 12.0 Å². The molecule has 12 heavy (non-hydrogen) atoms. The molecule has 0 bridgehead atoms. The van der Waals surface area contributed by atoms with Crippen molar-refractivity contribution < 1.29 is 9.48 Å². The number of para-hydroxylation sites is 1. The van der Waals surface area contributed by atoms with Crippen molar-refractivity contribution in [3.05, 3.63) is 30.3 Å². The van der Waals surface area contributed by atoms with Crippen LogP contribution in [0.4, 0.5) is 5.69 Å². The summed E-state index contributed by atoms with van der Waals surface area (Å²) in [7, 11) is 2.12. The van der Waals surface area contributed by atoms with Crippen LogP contribution < -0.4 is 4.90 Å². The van der Waals surface area contributed by atoms with Crippen molar-refractivity contribution in [3.8, 4) is 0 Å². The van der Waals surface area contributed by atoms with Gasteiger partial charge >= 0.3 is 6.34 Å². The summed E-state index contributed by atoms with van der Waals surface area (Å²) in [5.41, 5.74) is 1.36. The van der Waals surface area contributed by atoms with Crippen LogP contribution in [0.1, 0.15) is 0 Å². The molecule has 0 aromatic heterocycles. The van der Waals surface area contributed by atoms with Gasteiger partial charge in [0.25, 0.3) is 0 Å². The summed E-state index contributed by atoms with van der Waals surface area (Å²) < 4.78 is 2.24. The Morgan fingerprint density at radius 2 is 2.00 bits per heavy atom. The number of rotatable bonds is 1. The molecule has 2 nitrogen and oxygen atoms in total. The molecule has 0 saturated carbocycles. The van der Waals surface area contributed by atoms with Gasteiger partial charge in [-0.05, 0) is 12.1 Å². The van der Waals surface area contributed by atoms with Gasteiger partial charge in [-0.2, -0.15) is 4.58 Å². The van der Waals surface area contributed by atoms with Crippen LogP contribution in [0, 0.1) is 0 Å². The van der Waals surface area contributed by atoms with Crippen molar-refractivity contribution in [1.29, 1.82) is 0 Å². The second-order valence-corrected chi connectivity index (χ2v) is 3.25. The molecule has 1 unspecified atom stereocenters. The van der Waals surface area contributed by atoms with Crippen molar-refractivity contribution in [2.45, 2.75) is 0 Å². The highest BCUT2D eigenvalue weighted by Crippen LogP contribution is 1.98. The van der Waals surface area contributed by atoms with Gasteiger partial charge in [0, 0.05) is 0 Å². The van der Waals surface area contributed by atoms with Crippen LogP contribution in [0.3, 0.4) is 0 Å². The lowest BCUT2D eigenvalue weighted by molar-refractivity contribution is -0.717. The van der Waals surface area contributed by atoms with E-state index in [-0.39, 0.29) is 0 Å². The van der Waals surface area contributed by atoms with E-state index in [0.29, 0.717) is 0 Å². The van der Waals surface area contributed by atoms with Crippen LogP contribution in [0.2, 0.25) is 0 Å². The van der Waals surface area contributed by atoms with E-state index in [2.05, 4.69) is 48.3 Å². The molecule has 1 aliphatic heterocycles. The number of likely N-dealkylation sites (N-methyl/N-ethyl adjacent to an activating group) is 1. The molecule has 62 valence electrons. The van der Waals surface area contributed by atoms with Crippen molar-refractivity contribution in [3.63, 3.8) is 0 Å². The molecular weight excluding hydrogens is 148 g/mol. The maximum Gasteiger partial charge on any atom is 0.330 e. The van der Waals surface area contributed by atoms with Crippen LogP contribution in [0.15, 0.2) is 30.3 Å². The average molecular weight is 162 g/mol. The van der Waals surface area contributed by atoms with Gasteiger partial charge < -0.3 is 0 Å². The molecule has 0 saturated heterocycles. The quantitative estimate of drug-likeness (QED) is 0.551. The Kier molecular flexibility index (Phi) is 1.92. The lowest BCUT2D eigenvalue weighted by atomic mass is 10.3. The lowest BCUT2D eigenvalue weighted by Crippen LogP contribution is -3.05. The van der Waals surface area contributed by atoms with Crippen LogP contribution in [0.25, 0.3) is 0 Å². The number of hydrogen-bond donors (Lipinski definition) is 1. The highest BCUT2D eigenvalue weighted by atomic mass is 15.3. The SMILES string of the molecule is C[N+]1=C[NH+](c2ccccc2)CC1. The van der Waals surface area contributed by atoms with Gasteiger partial charge in [0.05, 0.1) is 0 Å². The van der Waals surface area contributed by atoms with E-state index in [0.717, 1.165) is 6.54 Å². The fourth-order valence-corrected chi connectivity index (χ4v) is 1.56. The predicted octanol–water partition coefficient (Wildman–Crippen LogP) is -0.113. The lowest BCUT2D eigenvalue weighted by Gasteiger charge is -2.02. The predicted molar refractivity (Wildman–Crippen MR) is 49.0 cm³/mol. The Balaban J connectivity index is 2.22.